The van der Waals surface area contributed by atoms with Gasteiger partial charge in [0.05, 0.1) is 12.2 Å². The highest BCUT2D eigenvalue weighted by Crippen LogP contribution is 2.26. The molecule has 1 fully saturated rings. The smallest absolute Gasteiger partial charge is 0.329 e. The zero-order valence-electron chi connectivity index (χ0n) is 18.8. The molecule has 174 valence electrons. The molecule has 0 unspecified atom stereocenters. The Morgan fingerprint density at radius 2 is 1.91 bits per heavy atom. The second-order valence-corrected chi connectivity index (χ2v) is 9.41. The Hall–Kier alpha value is -3.05. The van der Waals surface area contributed by atoms with Crippen molar-refractivity contribution in [1.29, 1.82) is 0 Å². The first-order valence-corrected chi connectivity index (χ1v) is 12.0. The standard InChI is InChI=1S/C22H26N6O4S/c1-13-11-27(12-14(2)31-13)20-24-18-17(19(29)25-21(30)26(18)3)28(20)9-6-10-33-22-23-15-7-4-5-8-16(15)32-22/h4-5,7-8,13-14H,6,9-12H2,1-3H3,(H,25,29,30)/t13-,14+. The summed E-state index contributed by atoms with van der Waals surface area (Å²) in [5.41, 5.74) is 1.51. The number of nitrogens with zero attached hydrogens (tertiary/aromatic N) is 5. The highest BCUT2D eigenvalue weighted by Gasteiger charge is 2.28. The Labute approximate surface area is 193 Å². The third-order valence-electron chi connectivity index (χ3n) is 5.72. The van der Waals surface area contributed by atoms with Gasteiger partial charge in [0.15, 0.2) is 16.7 Å². The summed E-state index contributed by atoms with van der Waals surface area (Å²) >= 11 is 1.54. The van der Waals surface area contributed by atoms with Gasteiger partial charge in [-0.1, -0.05) is 23.9 Å². The minimum absolute atomic E-state index is 0.0406. The van der Waals surface area contributed by atoms with Gasteiger partial charge in [-0.25, -0.2) is 9.78 Å². The van der Waals surface area contributed by atoms with Crippen molar-refractivity contribution in [2.75, 3.05) is 23.7 Å². The van der Waals surface area contributed by atoms with E-state index in [0.29, 0.717) is 42.0 Å². The Morgan fingerprint density at radius 3 is 2.67 bits per heavy atom. The molecule has 0 bridgehead atoms. The predicted octanol–water partition coefficient (Wildman–Crippen LogP) is 2.36. The lowest BCUT2D eigenvalue weighted by Crippen LogP contribution is -2.46. The van der Waals surface area contributed by atoms with E-state index in [-0.39, 0.29) is 12.2 Å². The van der Waals surface area contributed by atoms with Crippen molar-refractivity contribution >= 4 is 40.0 Å². The van der Waals surface area contributed by atoms with Gasteiger partial charge in [0.2, 0.25) is 5.95 Å². The molecule has 1 saturated heterocycles. The minimum atomic E-state index is -0.473. The van der Waals surface area contributed by atoms with Crippen LogP contribution in [-0.4, -0.2) is 55.1 Å². The van der Waals surface area contributed by atoms with Crippen molar-refractivity contribution in [2.24, 2.45) is 7.05 Å². The summed E-state index contributed by atoms with van der Waals surface area (Å²) in [5.74, 6) is 1.44. The molecule has 4 heterocycles. The molecule has 0 saturated carbocycles. The molecule has 3 aromatic heterocycles. The zero-order valence-corrected chi connectivity index (χ0v) is 19.6. The summed E-state index contributed by atoms with van der Waals surface area (Å²) < 4.78 is 15.0. The lowest BCUT2D eigenvalue weighted by Gasteiger charge is -2.36. The van der Waals surface area contributed by atoms with Gasteiger partial charge in [-0.05, 0) is 32.4 Å². The zero-order chi connectivity index (χ0) is 23.1. The van der Waals surface area contributed by atoms with Gasteiger partial charge in [0, 0.05) is 32.4 Å². The number of H-pyrrole nitrogens is 1. The van der Waals surface area contributed by atoms with Crippen LogP contribution in [0.4, 0.5) is 5.95 Å². The predicted molar refractivity (Wildman–Crippen MR) is 127 cm³/mol. The number of para-hydroxylation sites is 2. The van der Waals surface area contributed by atoms with Gasteiger partial charge in [-0.3, -0.25) is 14.3 Å². The van der Waals surface area contributed by atoms with E-state index in [1.165, 1.54) is 16.3 Å². The molecule has 1 aliphatic rings. The fraction of sp³-hybridized carbons (Fsp3) is 0.455. The number of ether oxygens (including phenoxy) is 1. The number of oxazole rings is 1. The van der Waals surface area contributed by atoms with E-state index in [0.717, 1.165) is 23.3 Å². The quantitative estimate of drug-likeness (QED) is 0.338. The number of thioether (sulfide) groups is 1. The number of anilines is 1. The Bertz CT molecular complexity index is 1380. The third-order valence-corrected chi connectivity index (χ3v) is 6.63. The molecular weight excluding hydrogens is 444 g/mol. The van der Waals surface area contributed by atoms with Gasteiger partial charge >= 0.3 is 5.69 Å². The fourth-order valence-corrected chi connectivity index (χ4v) is 5.07. The summed E-state index contributed by atoms with van der Waals surface area (Å²) in [7, 11) is 1.62. The molecule has 0 radical (unpaired) electrons. The Balaban J connectivity index is 1.42. The summed E-state index contributed by atoms with van der Waals surface area (Å²) in [4.78, 5) is 38.7. The van der Waals surface area contributed by atoms with Crippen LogP contribution in [0.15, 0.2) is 43.5 Å². The summed E-state index contributed by atoms with van der Waals surface area (Å²) in [5, 5.41) is 0.628. The molecule has 5 rings (SSSR count). The number of aromatic nitrogens is 5. The molecule has 1 N–H and O–H groups in total. The number of rotatable bonds is 6. The van der Waals surface area contributed by atoms with Crippen molar-refractivity contribution in [1.82, 2.24) is 24.1 Å². The van der Waals surface area contributed by atoms with Crippen LogP contribution in [-0.2, 0) is 18.3 Å². The number of imidazole rings is 1. The first kappa shape index (κ1) is 21.8. The Morgan fingerprint density at radius 1 is 1.15 bits per heavy atom. The lowest BCUT2D eigenvalue weighted by atomic mass is 10.2. The molecule has 0 amide bonds. The lowest BCUT2D eigenvalue weighted by molar-refractivity contribution is -0.00588. The number of morpholine rings is 1. The highest BCUT2D eigenvalue weighted by atomic mass is 32.2. The van der Waals surface area contributed by atoms with Crippen LogP contribution in [0.1, 0.15) is 20.3 Å². The van der Waals surface area contributed by atoms with Crippen LogP contribution in [0, 0.1) is 0 Å². The first-order chi connectivity index (χ1) is 15.9. The van der Waals surface area contributed by atoms with E-state index in [9.17, 15) is 9.59 Å². The van der Waals surface area contributed by atoms with Crippen LogP contribution in [0.5, 0.6) is 0 Å². The molecule has 1 aromatic carbocycles. The normalized spacial score (nSPS) is 19.1. The van der Waals surface area contributed by atoms with Crippen LogP contribution in [0.25, 0.3) is 22.3 Å². The molecule has 33 heavy (non-hydrogen) atoms. The van der Waals surface area contributed by atoms with E-state index in [1.54, 1.807) is 7.05 Å². The van der Waals surface area contributed by atoms with Gasteiger partial charge in [0.1, 0.15) is 5.52 Å². The van der Waals surface area contributed by atoms with E-state index < -0.39 is 11.2 Å². The Kier molecular flexibility index (Phi) is 5.75. The third kappa shape index (κ3) is 4.18. The average molecular weight is 471 g/mol. The van der Waals surface area contributed by atoms with E-state index in [2.05, 4.69) is 14.9 Å². The van der Waals surface area contributed by atoms with E-state index >= 15 is 0 Å². The van der Waals surface area contributed by atoms with Crippen LogP contribution in [0.2, 0.25) is 0 Å². The number of aryl methyl sites for hydroxylation is 2. The number of hydrogen-bond donors (Lipinski definition) is 1. The monoisotopic (exact) mass is 470 g/mol. The van der Waals surface area contributed by atoms with E-state index in [4.69, 9.17) is 14.1 Å². The van der Waals surface area contributed by atoms with Crippen molar-refractivity contribution in [3.63, 3.8) is 0 Å². The SMILES string of the molecule is C[C@@H]1CN(c2nc3c(c(=O)[nH]c(=O)n3C)n2CCCSc2nc3ccccc3o2)C[C@H](C)O1. The number of hydrogen-bond acceptors (Lipinski definition) is 8. The fourth-order valence-electron chi connectivity index (χ4n) is 4.31. The molecular formula is C22H26N6O4S. The molecule has 1 aliphatic heterocycles. The van der Waals surface area contributed by atoms with Crippen LogP contribution in [0.3, 0.4) is 0 Å². The van der Waals surface area contributed by atoms with Crippen LogP contribution >= 0.6 is 11.8 Å². The number of aromatic amines is 1. The molecule has 0 aliphatic carbocycles. The van der Waals surface area contributed by atoms with Gasteiger partial charge in [-0.2, -0.15) is 4.98 Å². The molecule has 4 aromatic rings. The average Bonchev–Trinajstić information content (AvgIpc) is 3.36. The summed E-state index contributed by atoms with van der Waals surface area (Å²) in [6, 6.07) is 7.68. The van der Waals surface area contributed by atoms with Crippen LogP contribution < -0.4 is 16.1 Å². The largest absolute Gasteiger partial charge is 0.431 e. The number of benzene rings is 1. The first-order valence-electron chi connectivity index (χ1n) is 11.0. The second-order valence-electron chi connectivity index (χ2n) is 8.37. The summed E-state index contributed by atoms with van der Waals surface area (Å²) in [6.07, 6.45) is 0.845. The summed E-state index contributed by atoms with van der Waals surface area (Å²) in [6.45, 7) is 5.94. The molecule has 2 atom stereocenters. The maximum absolute atomic E-state index is 12.7. The molecule has 10 nitrogen and oxygen atoms in total. The molecule has 11 heteroatoms. The second kappa shape index (κ2) is 8.71. The van der Waals surface area contributed by atoms with Gasteiger partial charge < -0.3 is 18.6 Å². The minimum Gasteiger partial charge on any atom is -0.431 e. The highest BCUT2D eigenvalue weighted by molar-refractivity contribution is 7.99. The van der Waals surface area contributed by atoms with Gasteiger partial charge in [0.25, 0.3) is 10.8 Å². The maximum Gasteiger partial charge on any atom is 0.329 e. The van der Waals surface area contributed by atoms with Crippen molar-refractivity contribution in [2.45, 2.75) is 44.2 Å². The number of fused-ring (bicyclic) bond motifs is 2. The maximum atomic E-state index is 12.7. The van der Waals surface area contributed by atoms with Crippen molar-refractivity contribution in [3.05, 3.63) is 45.1 Å². The van der Waals surface area contributed by atoms with Crippen molar-refractivity contribution in [3.8, 4) is 0 Å². The topological polar surface area (TPSA) is 111 Å². The van der Waals surface area contributed by atoms with Gasteiger partial charge in [-0.15, -0.1) is 0 Å². The van der Waals surface area contributed by atoms with E-state index in [1.807, 2.05) is 42.7 Å². The molecule has 0 spiro atoms. The van der Waals surface area contributed by atoms with Crippen molar-refractivity contribution < 1.29 is 9.15 Å². The number of nitrogens with one attached hydrogen (secondary N) is 1.